The first-order valence-electron chi connectivity index (χ1n) is 6.54. The Morgan fingerprint density at radius 3 is 2.59 bits per heavy atom. The third-order valence-corrected chi connectivity index (χ3v) is 3.75. The van der Waals surface area contributed by atoms with Crippen LogP contribution in [0.5, 0.6) is 0 Å². The number of nitrogens with one attached hydrogen (secondary N) is 1. The van der Waals surface area contributed by atoms with Gasteiger partial charge in [-0.05, 0) is 12.8 Å². The summed E-state index contributed by atoms with van der Waals surface area (Å²) < 4.78 is 5.26. The van der Waals surface area contributed by atoms with E-state index in [4.69, 9.17) is 9.84 Å². The van der Waals surface area contributed by atoms with Crippen molar-refractivity contribution < 1.29 is 14.9 Å². The van der Waals surface area contributed by atoms with Crippen LogP contribution in [0, 0.1) is 5.41 Å². The molecule has 2 rings (SSSR count). The molecular weight excluding hydrogens is 220 g/mol. The van der Waals surface area contributed by atoms with Crippen LogP contribution < -0.4 is 5.32 Å². The van der Waals surface area contributed by atoms with Crippen LogP contribution in [-0.2, 0) is 4.74 Å². The first-order chi connectivity index (χ1) is 8.24. The highest BCUT2D eigenvalue weighted by Gasteiger charge is 2.41. The summed E-state index contributed by atoms with van der Waals surface area (Å²) in [6, 6.07) is 0. The van der Waals surface area contributed by atoms with Gasteiger partial charge < -0.3 is 20.3 Å². The zero-order valence-electron chi connectivity index (χ0n) is 10.4. The van der Waals surface area contributed by atoms with Gasteiger partial charge in [0.2, 0.25) is 0 Å². The van der Waals surface area contributed by atoms with E-state index < -0.39 is 0 Å². The number of aliphatic hydroxyl groups excluding tert-OH is 2. The number of morpholine rings is 1. The topological polar surface area (TPSA) is 65.0 Å². The first-order valence-corrected chi connectivity index (χ1v) is 6.54. The number of rotatable bonds is 7. The SMILES string of the molecule is OCC1(CNCC(O)CN2CCOCC2)CC1. The Morgan fingerprint density at radius 2 is 2.00 bits per heavy atom. The van der Waals surface area contributed by atoms with E-state index in [1.165, 1.54) is 0 Å². The zero-order valence-corrected chi connectivity index (χ0v) is 10.4. The summed E-state index contributed by atoms with van der Waals surface area (Å²) in [5.74, 6) is 0. The molecule has 1 saturated heterocycles. The number of β-amino-alcohol motifs (C(OH)–C–C–N with tert-alkyl or cyclic N) is 1. The average Bonchev–Trinajstić information content (AvgIpc) is 3.11. The molecule has 0 radical (unpaired) electrons. The lowest BCUT2D eigenvalue weighted by Gasteiger charge is -2.28. The molecule has 1 atom stereocenters. The smallest absolute Gasteiger partial charge is 0.0791 e. The van der Waals surface area contributed by atoms with Gasteiger partial charge in [0.1, 0.15) is 0 Å². The van der Waals surface area contributed by atoms with Gasteiger partial charge >= 0.3 is 0 Å². The van der Waals surface area contributed by atoms with Gasteiger partial charge in [-0.25, -0.2) is 0 Å². The van der Waals surface area contributed by atoms with Gasteiger partial charge in [0.15, 0.2) is 0 Å². The molecule has 0 aromatic rings. The van der Waals surface area contributed by atoms with Crippen molar-refractivity contribution in [2.24, 2.45) is 5.41 Å². The van der Waals surface area contributed by atoms with Crippen molar-refractivity contribution in [2.75, 3.05) is 52.5 Å². The van der Waals surface area contributed by atoms with E-state index in [1.807, 2.05) is 0 Å². The van der Waals surface area contributed by atoms with Crippen LogP contribution in [0.1, 0.15) is 12.8 Å². The molecule has 0 aromatic heterocycles. The second-order valence-corrected chi connectivity index (χ2v) is 5.36. The monoisotopic (exact) mass is 244 g/mol. The van der Waals surface area contributed by atoms with Gasteiger partial charge in [0, 0.05) is 44.7 Å². The summed E-state index contributed by atoms with van der Waals surface area (Å²) in [6.45, 7) is 5.78. The Labute approximate surface area is 103 Å². The predicted octanol–water partition coefficient (Wildman–Crippen LogP) is -0.958. The standard InChI is InChI=1S/C12H24N2O3/c15-10-12(1-2-12)9-13-7-11(16)8-14-3-5-17-6-4-14/h11,13,15-16H,1-10H2. The van der Waals surface area contributed by atoms with Crippen molar-refractivity contribution in [1.29, 1.82) is 0 Å². The Hall–Kier alpha value is -0.200. The molecule has 1 aliphatic heterocycles. The third-order valence-electron chi connectivity index (χ3n) is 3.75. The van der Waals surface area contributed by atoms with Crippen LogP contribution in [0.15, 0.2) is 0 Å². The maximum atomic E-state index is 9.88. The number of nitrogens with zero attached hydrogens (tertiary/aromatic N) is 1. The Balaban J connectivity index is 1.55. The molecule has 5 nitrogen and oxygen atoms in total. The minimum atomic E-state index is -0.331. The van der Waals surface area contributed by atoms with E-state index >= 15 is 0 Å². The van der Waals surface area contributed by atoms with Gasteiger partial charge in [-0.2, -0.15) is 0 Å². The second kappa shape index (κ2) is 6.11. The van der Waals surface area contributed by atoms with Gasteiger partial charge in [-0.3, -0.25) is 4.90 Å². The summed E-state index contributed by atoms with van der Waals surface area (Å²) in [7, 11) is 0. The summed E-state index contributed by atoms with van der Waals surface area (Å²) >= 11 is 0. The van der Waals surface area contributed by atoms with E-state index in [2.05, 4.69) is 10.2 Å². The summed E-state index contributed by atoms with van der Waals surface area (Å²) in [6.07, 6.45) is 1.88. The fourth-order valence-electron chi connectivity index (χ4n) is 2.22. The molecule has 17 heavy (non-hydrogen) atoms. The van der Waals surface area contributed by atoms with Crippen LogP contribution in [0.25, 0.3) is 0 Å². The van der Waals surface area contributed by atoms with Crippen molar-refractivity contribution >= 4 is 0 Å². The number of hydrogen-bond acceptors (Lipinski definition) is 5. The molecule has 1 aliphatic carbocycles. The van der Waals surface area contributed by atoms with Crippen LogP contribution in [-0.4, -0.2) is 73.8 Å². The Kier molecular flexibility index (Phi) is 4.76. The zero-order chi connectivity index (χ0) is 12.1. The molecule has 5 heteroatoms. The third kappa shape index (κ3) is 4.19. The van der Waals surface area contributed by atoms with E-state index in [1.54, 1.807) is 0 Å². The molecule has 1 heterocycles. The molecule has 1 unspecified atom stereocenters. The van der Waals surface area contributed by atoms with Crippen molar-refractivity contribution in [3.8, 4) is 0 Å². The lowest BCUT2D eigenvalue weighted by molar-refractivity contribution is 0.0146. The Morgan fingerprint density at radius 1 is 1.29 bits per heavy atom. The summed E-state index contributed by atoms with van der Waals surface area (Å²) in [4.78, 5) is 2.23. The maximum Gasteiger partial charge on any atom is 0.0791 e. The minimum absolute atomic E-state index is 0.124. The van der Waals surface area contributed by atoms with Gasteiger partial charge in [0.25, 0.3) is 0 Å². The quantitative estimate of drug-likeness (QED) is 0.538. The molecule has 0 amide bonds. The Bertz CT molecular complexity index is 228. The van der Waals surface area contributed by atoms with E-state index in [0.717, 1.165) is 45.7 Å². The maximum absolute atomic E-state index is 9.88. The van der Waals surface area contributed by atoms with Crippen molar-refractivity contribution in [1.82, 2.24) is 10.2 Å². The van der Waals surface area contributed by atoms with Crippen molar-refractivity contribution in [2.45, 2.75) is 18.9 Å². The van der Waals surface area contributed by atoms with Crippen LogP contribution in [0.4, 0.5) is 0 Å². The predicted molar refractivity (Wildman–Crippen MR) is 64.9 cm³/mol. The first kappa shape index (κ1) is 13.2. The largest absolute Gasteiger partial charge is 0.396 e. The molecule has 0 spiro atoms. The average molecular weight is 244 g/mol. The summed E-state index contributed by atoms with van der Waals surface area (Å²) in [5.41, 5.74) is 0.124. The van der Waals surface area contributed by atoms with Crippen LogP contribution in [0.3, 0.4) is 0 Å². The van der Waals surface area contributed by atoms with E-state index in [0.29, 0.717) is 13.1 Å². The molecule has 0 bridgehead atoms. The summed E-state index contributed by atoms with van der Waals surface area (Å²) in [5, 5.41) is 22.3. The van der Waals surface area contributed by atoms with Gasteiger partial charge in [0.05, 0.1) is 19.3 Å². The fraction of sp³-hybridized carbons (Fsp3) is 1.00. The number of aliphatic hydroxyl groups is 2. The van der Waals surface area contributed by atoms with E-state index in [9.17, 15) is 5.11 Å². The van der Waals surface area contributed by atoms with Gasteiger partial charge in [-0.1, -0.05) is 0 Å². The highest BCUT2D eigenvalue weighted by Crippen LogP contribution is 2.44. The van der Waals surface area contributed by atoms with E-state index in [-0.39, 0.29) is 18.1 Å². The number of ether oxygens (including phenoxy) is 1. The highest BCUT2D eigenvalue weighted by molar-refractivity contribution is 4.94. The molecule has 0 aromatic carbocycles. The molecule has 2 fully saturated rings. The second-order valence-electron chi connectivity index (χ2n) is 5.36. The molecule has 2 aliphatic rings. The van der Waals surface area contributed by atoms with Crippen LogP contribution >= 0.6 is 0 Å². The van der Waals surface area contributed by atoms with Crippen molar-refractivity contribution in [3.05, 3.63) is 0 Å². The van der Waals surface area contributed by atoms with Gasteiger partial charge in [-0.15, -0.1) is 0 Å². The fourth-order valence-corrected chi connectivity index (χ4v) is 2.22. The van der Waals surface area contributed by atoms with Crippen molar-refractivity contribution in [3.63, 3.8) is 0 Å². The lowest BCUT2D eigenvalue weighted by atomic mass is 10.1. The van der Waals surface area contributed by atoms with Crippen LogP contribution in [0.2, 0.25) is 0 Å². The normalized spacial score (nSPS) is 25.8. The molecule has 100 valence electrons. The molecule has 1 saturated carbocycles. The minimum Gasteiger partial charge on any atom is -0.396 e. The number of hydrogen-bond donors (Lipinski definition) is 3. The molecular formula is C12H24N2O3. The molecule has 3 N–H and O–H groups in total. The lowest BCUT2D eigenvalue weighted by Crippen LogP contribution is -2.44. The highest BCUT2D eigenvalue weighted by atomic mass is 16.5.